The van der Waals surface area contributed by atoms with Gasteiger partial charge in [0, 0.05) is 14.0 Å². The summed E-state index contributed by atoms with van der Waals surface area (Å²) in [6.07, 6.45) is 0.674. The monoisotopic (exact) mass is 166 g/mol. The van der Waals surface area contributed by atoms with Gasteiger partial charge in [0.25, 0.3) is 5.92 Å². The summed E-state index contributed by atoms with van der Waals surface area (Å²) in [6.45, 7) is 4.33. The SMILES string of the molecule is CCC(CC)(OC)C(C)(F)F. The number of rotatable bonds is 4. The first-order valence-electron chi connectivity index (χ1n) is 3.86. The molecule has 0 fully saturated rings. The zero-order valence-electron chi connectivity index (χ0n) is 7.58. The lowest BCUT2D eigenvalue weighted by Crippen LogP contribution is -2.46. The zero-order valence-corrected chi connectivity index (χ0v) is 7.58. The van der Waals surface area contributed by atoms with Gasteiger partial charge in [-0.25, -0.2) is 8.78 Å². The molecule has 3 heteroatoms. The van der Waals surface area contributed by atoms with E-state index in [9.17, 15) is 8.78 Å². The topological polar surface area (TPSA) is 9.23 Å². The maximum atomic E-state index is 12.9. The molecule has 0 aromatic rings. The van der Waals surface area contributed by atoms with Crippen molar-refractivity contribution in [2.75, 3.05) is 7.11 Å². The fraction of sp³-hybridized carbons (Fsp3) is 1.00. The average Bonchev–Trinajstić information content (AvgIpc) is 1.90. The number of alkyl halides is 2. The fourth-order valence-corrected chi connectivity index (χ4v) is 1.34. The van der Waals surface area contributed by atoms with Crippen LogP contribution in [0.2, 0.25) is 0 Å². The Labute approximate surface area is 66.7 Å². The van der Waals surface area contributed by atoms with Gasteiger partial charge in [0.2, 0.25) is 0 Å². The van der Waals surface area contributed by atoms with Crippen molar-refractivity contribution in [3.05, 3.63) is 0 Å². The normalized spacial score (nSPS) is 13.6. The third-order valence-electron chi connectivity index (χ3n) is 2.33. The second-order valence-corrected chi connectivity index (χ2v) is 2.79. The lowest BCUT2D eigenvalue weighted by atomic mass is 9.90. The predicted octanol–water partition coefficient (Wildman–Crippen LogP) is 2.85. The molecule has 0 atom stereocenters. The van der Waals surface area contributed by atoms with Crippen LogP contribution in [0.4, 0.5) is 8.78 Å². The molecule has 0 aliphatic rings. The lowest BCUT2D eigenvalue weighted by molar-refractivity contribution is -0.189. The van der Waals surface area contributed by atoms with Gasteiger partial charge >= 0.3 is 0 Å². The van der Waals surface area contributed by atoms with Crippen molar-refractivity contribution >= 4 is 0 Å². The van der Waals surface area contributed by atoms with E-state index in [1.165, 1.54) is 7.11 Å². The standard InChI is InChI=1S/C8H16F2O/c1-5-8(6-2,11-4)7(3,9)10/h5-6H2,1-4H3. The largest absolute Gasteiger partial charge is 0.372 e. The Morgan fingerprint density at radius 1 is 1.18 bits per heavy atom. The Hall–Kier alpha value is -0.180. The van der Waals surface area contributed by atoms with Crippen LogP contribution < -0.4 is 0 Å². The fourth-order valence-electron chi connectivity index (χ4n) is 1.34. The van der Waals surface area contributed by atoms with Gasteiger partial charge in [0.05, 0.1) is 0 Å². The number of methoxy groups -OCH3 is 1. The summed E-state index contributed by atoms with van der Waals surface area (Å²) in [4.78, 5) is 0. The van der Waals surface area contributed by atoms with Crippen LogP contribution in [0.3, 0.4) is 0 Å². The van der Waals surface area contributed by atoms with E-state index in [1.54, 1.807) is 13.8 Å². The van der Waals surface area contributed by atoms with Gasteiger partial charge in [0.1, 0.15) is 5.60 Å². The van der Waals surface area contributed by atoms with Crippen LogP contribution in [0.25, 0.3) is 0 Å². The van der Waals surface area contributed by atoms with Crippen molar-refractivity contribution in [2.45, 2.75) is 45.1 Å². The molecule has 0 aliphatic carbocycles. The second-order valence-electron chi connectivity index (χ2n) is 2.79. The third-order valence-corrected chi connectivity index (χ3v) is 2.33. The summed E-state index contributed by atoms with van der Waals surface area (Å²) in [5, 5.41) is 0. The number of ether oxygens (including phenoxy) is 1. The predicted molar refractivity (Wildman–Crippen MR) is 40.9 cm³/mol. The quantitative estimate of drug-likeness (QED) is 0.624. The number of hydrogen-bond acceptors (Lipinski definition) is 1. The summed E-state index contributed by atoms with van der Waals surface area (Å²) in [5.41, 5.74) is -1.27. The molecule has 1 nitrogen and oxygen atoms in total. The first-order valence-corrected chi connectivity index (χ1v) is 3.86. The van der Waals surface area contributed by atoms with Crippen LogP contribution in [0, 0.1) is 0 Å². The van der Waals surface area contributed by atoms with Gasteiger partial charge in [-0.1, -0.05) is 13.8 Å². The molecule has 0 saturated carbocycles. The van der Waals surface area contributed by atoms with E-state index in [4.69, 9.17) is 4.74 Å². The van der Waals surface area contributed by atoms with Gasteiger partial charge in [-0.15, -0.1) is 0 Å². The van der Waals surface area contributed by atoms with E-state index in [0.29, 0.717) is 12.8 Å². The van der Waals surface area contributed by atoms with Crippen LogP contribution in [0.15, 0.2) is 0 Å². The molecule has 11 heavy (non-hydrogen) atoms. The van der Waals surface area contributed by atoms with Crippen LogP contribution in [0.1, 0.15) is 33.6 Å². The molecular formula is C8H16F2O. The van der Waals surface area contributed by atoms with Crippen LogP contribution in [-0.4, -0.2) is 18.6 Å². The Kier molecular flexibility index (Phi) is 3.42. The summed E-state index contributed by atoms with van der Waals surface area (Å²) < 4.78 is 30.7. The van der Waals surface area contributed by atoms with Gasteiger partial charge < -0.3 is 4.74 Å². The maximum Gasteiger partial charge on any atom is 0.273 e. The Morgan fingerprint density at radius 3 is 1.55 bits per heavy atom. The molecule has 0 spiro atoms. The molecule has 0 saturated heterocycles. The van der Waals surface area contributed by atoms with Crippen molar-refractivity contribution in [2.24, 2.45) is 0 Å². The first kappa shape index (κ1) is 10.8. The van der Waals surface area contributed by atoms with Gasteiger partial charge in [-0.3, -0.25) is 0 Å². The summed E-state index contributed by atoms with van der Waals surface area (Å²) in [5.74, 6) is -2.76. The molecule has 0 aromatic heterocycles. The minimum Gasteiger partial charge on any atom is -0.372 e. The summed E-state index contributed by atoms with van der Waals surface area (Å²) in [6, 6.07) is 0. The molecular weight excluding hydrogens is 150 g/mol. The van der Waals surface area contributed by atoms with Gasteiger partial charge in [-0.2, -0.15) is 0 Å². The minimum atomic E-state index is -2.76. The van der Waals surface area contributed by atoms with E-state index < -0.39 is 11.5 Å². The summed E-state index contributed by atoms with van der Waals surface area (Å²) in [7, 11) is 1.34. The van der Waals surface area contributed by atoms with Crippen LogP contribution >= 0.6 is 0 Å². The number of hydrogen-bond donors (Lipinski definition) is 0. The highest BCUT2D eigenvalue weighted by Gasteiger charge is 2.47. The second kappa shape index (κ2) is 3.48. The van der Waals surface area contributed by atoms with E-state index in [-0.39, 0.29) is 0 Å². The lowest BCUT2D eigenvalue weighted by Gasteiger charge is -2.35. The third kappa shape index (κ3) is 1.89. The molecule has 0 aliphatic heterocycles. The number of halogens is 2. The van der Waals surface area contributed by atoms with Crippen molar-refractivity contribution in [1.29, 1.82) is 0 Å². The van der Waals surface area contributed by atoms with E-state index in [0.717, 1.165) is 6.92 Å². The smallest absolute Gasteiger partial charge is 0.273 e. The zero-order chi connectivity index (χ0) is 9.12. The maximum absolute atomic E-state index is 12.9. The molecule has 0 radical (unpaired) electrons. The highest BCUT2D eigenvalue weighted by molar-refractivity contribution is 4.89. The molecule has 0 unspecified atom stereocenters. The van der Waals surface area contributed by atoms with Crippen LogP contribution in [0.5, 0.6) is 0 Å². The summed E-state index contributed by atoms with van der Waals surface area (Å²) >= 11 is 0. The molecule has 0 heterocycles. The van der Waals surface area contributed by atoms with E-state index in [1.807, 2.05) is 0 Å². The van der Waals surface area contributed by atoms with Crippen molar-refractivity contribution in [3.8, 4) is 0 Å². The molecule has 0 amide bonds. The van der Waals surface area contributed by atoms with Gasteiger partial charge in [0.15, 0.2) is 0 Å². The van der Waals surface area contributed by atoms with Crippen LogP contribution in [-0.2, 0) is 4.74 Å². The van der Waals surface area contributed by atoms with Crippen molar-refractivity contribution in [3.63, 3.8) is 0 Å². The molecule has 0 bridgehead atoms. The Balaban J connectivity index is 4.54. The molecule has 68 valence electrons. The van der Waals surface area contributed by atoms with Gasteiger partial charge in [-0.05, 0) is 12.8 Å². The molecule has 0 rings (SSSR count). The van der Waals surface area contributed by atoms with Crippen molar-refractivity contribution in [1.82, 2.24) is 0 Å². The Morgan fingerprint density at radius 2 is 1.55 bits per heavy atom. The van der Waals surface area contributed by atoms with Crippen molar-refractivity contribution < 1.29 is 13.5 Å². The Bertz CT molecular complexity index is 105. The highest BCUT2D eigenvalue weighted by Crippen LogP contribution is 2.36. The molecule has 0 aromatic carbocycles. The highest BCUT2D eigenvalue weighted by atomic mass is 19.3. The molecule has 0 N–H and O–H groups in total. The van der Waals surface area contributed by atoms with E-state index >= 15 is 0 Å². The average molecular weight is 166 g/mol. The first-order chi connectivity index (χ1) is 4.93. The minimum absolute atomic E-state index is 0.337. The van der Waals surface area contributed by atoms with E-state index in [2.05, 4.69) is 0 Å².